The predicted molar refractivity (Wildman–Crippen MR) is 81.5 cm³/mol. The lowest BCUT2D eigenvalue weighted by molar-refractivity contribution is 0.178. The van der Waals surface area contributed by atoms with Gasteiger partial charge in [0.1, 0.15) is 12.6 Å². The zero-order valence-corrected chi connectivity index (χ0v) is 12.0. The first-order valence-electron chi connectivity index (χ1n) is 7.17. The minimum atomic E-state index is -0.957. The Morgan fingerprint density at radius 2 is 1.96 bits per heavy atom. The maximum absolute atomic E-state index is 14.1. The molecule has 4 rings (SSSR count). The van der Waals surface area contributed by atoms with Gasteiger partial charge in [-0.1, -0.05) is 12.1 Å². The summed E-state index contributed by atoms with van der Waals surface area (Å²) < 4.78 is 32.7. The lowest BCUT2D eigenvalue weighted by Gasteiger charge is -2.22. The van der Waals surface area contributed by atoms with Gasteiger partial charge < -0.3 is 15.4 Å². The van der Waals surface area contributed by atoms with Crippen LogP contribution in [-0.2, 0) is 4.74 Å². The van der Waals surface area contributed by atoms with Gasteiger partial charge in [-0.2, -0.15) is 0 Å². The molecule has 0 aliphatic carbocycles. The molecule has 0 radical (unpaired) electrons. The van der Waals surface area contributed by atoms with Crippen LogP contribution < -0.4 is 15.5 Å². The molecule has 0 unspecified atom stereocenters. The van der Waals surface area contributed by atoms with Crippen LogP contribution in [0.5, 0.6) is 0 Å². The Labute approximate surface area is 130 Å². The van der Waals surface area contributed by atoms with Gasteiger partial charge >= 0.3 is 6.09 Å². The molecule has 2 heterocycles. The number of anilines is 3. The predicted octanol–water partition coefficient (Wildman–Crippen LogP) is 3.46. The molecule has 2 N–H and O–H groups in total. The van der Waals surface area contributed by atoms with E-state index in [1.165, 1.54) is 17.0 Å². The Bertz CT molecular complexity index is 797. The highest BCUT2D eigenvalue weighted by Crippen LogP contribution is 2.38. The van der Waals surface area contributed by atoms with Crippen molar-refractivity contribution in [1.82, 2.24) is 0 Å². The average molecular weight is 317 g/mol. The lowest BCUT2D eigenvalue weighted by Crippen LogP contribution is -2.28. The van der Waals surface area contributed by atoms with E-state index in [9.17, 15) is 13.6 Å². The Hall–Kier alpha value is -2.83. The summed E-state index contributed by atoms with van der Waals surface area (Å²) in [6, 6.07) is 8.59. The zero-order valence-electron chi connectivity index (χ0n) is 12.0. The van der Waals surface area contributed by atoms with E-state index >= 15 is 0 Å². The van der Waals surface area contributed by atoms with E-state index in [2.05, 4.69) is 10.6 Å². The van der Waals surface area contributed by atoms with E-state index in [-0.39, 0.29) is 12.2 Å². The summed E-state index contributed by atoms with van der Waals surface area (Å²) in [5.74, 6) is -1.90. The summed E-state index contributed by atoms with van der Waals surface area (Å²) in [5, 5.41) is 6.26. The first kappa shape index (κ1) is 13.8. The van der Waals surface area contributed by atoms with Gasteiger partial charge in [-0.05, 0) is 24.3 Å². The molecule has 7 heteroatoms. The van der Waals surface area contributed by atoms with E-state index in [1.807, 2.05) is 6.07 Å². The Morgan fingerprint density at radius 1 is 1.13 bits per heavy atom. The molecule has 1 atom stereocenters. The van der Waals surface area contributed by atoms with E-state index in [0.29, 0.717) is 12.4 Å². The molecule has 2 aliphatic heterocycles. The van der Waals surface area contributed by atoms with Crippen molar-refractivity contribution >= 4 is 23.2 Å². The highest BCUT2D eigenvalue weighted by atomic mass is 19.2. The summed E-state index contributed by atoms with van der Waals surface area (Å²) in [6.45, 7) is 0.577. The molecular formula is C16H13F2N3O2. The number of hydrogen-bond donors (Lipinski definition) is 2. The van der Waals surface area contributed by atoms with Gasteiger partial charge in [-0.15, -0.1) is 0 Å². The Kier molecular flexibility index (Phi) is 3.07. The van der Waals surface area contributed by atoms with Crippen LogP contribution in [0.25, 0.3) is 0 Å². The van der Waals surface area contributed by atoms with E-state index in [0.717, 1.165) is 17.4 Å². The molecule has 2 aromatic rings. The number of halogens is 2. The molecular weight excluding hydrogens is 304 g/mol. The Balaban J connectivity index is 1.76. The number of amides is 1. The fourth-order valence-electron chi connectivity index (χ4n) is 2.93. The third-order valence-electron chi connectivity index (χ3n) is 4.05. The molecule has 1 fully saturated rings. The van der Waals surface area contributed by atoms with Crippen molar-refractivity contribution < 1.29 is 18.3 Å². The monoisotopic (exact) mass is 317 g/mol. The molecule has 5 nitrogen and oxygen atoms in total. The van der Waals surface area contributed by atoms with Crippen LogP contribution in [0.15, 0.2) is 36.4 Å². The van der Waals surface area contributed by atoms with Gasteiger partial charge in [0, 0.05) is 5.56 Å². The van der Waals surface area contributed by atoms with Crippen molar-refractivity contribution in [3.05, 3.63) is 53.6 Å². The summed E-state index contributed by atoms with van der Waals surface area (Å²) in [5.41, 5.74) is 2.44. The molecule has 1 amide bonds. The second kappa shape index (κ2) is 5.12. The number of carbonyl (C=O) groups is 1. The fraction of sp³-hybridized carbons (Fsp3) is 0.188. The van der Waals surface area contributed by atoms with Crippen LogP contribution in [0, 0.1) is 11.6 Å². The SMILES string of the molecule is O=C1OC[C@H](c2cccc(F)c2F)N1c1ccc2c(c1)NCN2. The standard InChI is InChI=1S/C16H13F2N3O2/c17-11-3-1-2-10(15(11)18)14-7-23-16(22)21(14)9-4-5-12-13(6-9)20-8-19-12/h1-6,14,19-20H,7-8H2/t14-/m1/s1. The molecule has 0 bridgehead atoms. The largest absolute Gasteiger partial charge is 0.447 e. The van der Waals surface area contributed by atoms with Gasteiger partial charge in [-0.3, -0.25) is 4.90 Å². The number of cyclic esters (lactones) is 1. The highest BCUT2D eigenvalue weighted by Gasteiger charge is 2.37. The van der Waals surface area contributed by atoms with Crippen LogP contribution in [0.1, 0.15) is 11.6 Å². The number of benzene rings is 2. The van der Waals surface area contributed by atoms with Gasteiger partial charge in [0.25, 0.3) is 0 Å². The third kappa shape index (κ3) is 2.16. The van der Waals surface area contributed by atoms with E-state index < -0.39 is 23.8 Å². The number of fused-ring (bicyclic) bond motifs is 1. The van der Waals surface area contributed by atoms with Crippen molar-refractivity contribution in [2.75, 3.05) is 28.8 Å². The summed E-state index contributed by atoms with van der Waals surface area (Å²) in [7, 11) is 0. The summed E-state index contributed by atoms with van der Waals surface area (Å²) in [4.78, 5) is 13.5. The maximum atomic E-state index is 14.1. The summed E-state index contributed by atoms with van der Waals surface area (Å²) >= 11 is 0. The topological polar surface area (TPSA) is 53.6 Å². The average Bonchev–Trinajstić information content (AvgIpc) is 3.15. The molecule has 0 saturated carbocycles. The van der Waals surface area contributed by atoms with Crippen molar-refractivity contribution in [2.24, 2.45) is 0 Å². The van der Waals surface area contributed by atoms with E-state index in [1.54, 1.807) is 12.1 Å². The molecule has 0 aromatic heterocycles. The maximum Gasteiger partial charge on any atom is 0.415 e. The number of ether oxygens (including phenoxy) is 1. The van der Waals surface area contributed by atoms with Crippen LogP contribution in [0.4, 0.5) is 30.6 Å². The van der Waals surface area contributed by atoms with Crippen LogP contribution in [0.2, 0.25) is 0 Å². The minimum absolute atomic E-state index is 0.0258. The fourth-order valence-corrected chi connectivity index (χ4v) is 2.93. The number of rotatable bonds is 2. The molecule has 2 aromatic carbocycles. The second-order valence-corrected chi connectivity index (χ2v) is 5.37. The van der Waals surface area contributed by atoms with Crippen LogP contribution >= 0.6 is 0 Å². The van der Waals surface area contributed by atoms with Crippen molar-refractivity contribution in [2.45, 2.75) is 6.04 Å². The molecule has 2 aliphatic rings. The Morgan fingerprint density at radius 3 is 2.83 bits per heavy atom. The third-order valence-corrected chi connectivity index (χ3v) is 4.05. The number of hydrogen-bond acceptors (Lipinski definition) is 4. The number of nitrogens with one attached hydrogen (secondary N) is 2. The number of nitrogens with zero attached hydrogens (tertiary/aromatic N) is 1. The smallest absolute Gasteiger partial charge is 0.415 e. The van der Waals surface area contributed by atoms with Crippen molar-refractivity contribution in [1.29, 1.82) is 0 Å². The van der Waals surface area contributed by atoms with Crippen molar-refractivity contribution in [3.63, 3.8) is 0 Å². The second-order valence-electron chi connectivity index (χ2n) is 5.37. The van der Waals surface area contributed by atoms with E-state index in [4.69, 9.17) is 4.74 Å². The molecule has 118 valence electrons. The summed E-state index contributed by atoms with van der Waals surface area (Å²) in [6.07, 6.45) is -0.579. The van der Waals surface area contributed by atoms with Crippen LogP contribution in [0.3, 0.4) is 0 Å². The quantitative estimate of drug-likeness (QED) is 0.891. The van der Waals surface area contributed by atoms with Gasteiger partial charge in [-0.25, -0.2) is 13.6 Å². The molecule has 23 heavy (non-hydrogen) atoms. The zero-order chi connectivity index (χ0) is 16.0. The van der Waals surface area contributed by atoms with Gasteiger partial charge in [0.15, 0.2) is 11.6 Å². The molecule has 1 saturated heterocycles. The van der Waals surface area contributed by atoms with Gasteiger partial charge in [0.05, 0.1) is 23.7 Å². The first-order chi connectivity index (χ1) is 11.1. The first-order valence-corrected chi connectivity index (χ1v) is 7.17. The lowest BCUT2D eigenvalue weighted by atomic mass is 10.0. The molecule has 0 spiro atoms. The van der Waals surface area contributed by atoms with Crippen LogP contribution in [-0.4, -0.2) is 19.4 Å². The highest BCUT2D eigenvalue weighted by molar-refractivity contribution is 5.92. The van der Waals surface area contributed by atoms with Crippen molar-refractivity contribution in [3.8, 4) is 0 Å². The normalized spacial score (nSPS) is 19.1. The minimum Gasteiger partial charge on any atom is -0.447 e. The number of carbonyl (C=O) groups excluding carboxylic acids is 1. The van der Waals surface area contributed by atoms with Gasteiger partial charge in [0.2, 0.25) is 0 Å².